The maximum absolute atomic E-state index is 13.5. The van der Waals surface area contributed by atoms with Crippen LogP contribution in [0.1, 0.15) is 34.3 Å². The van der Waals surface area contributed by atoms with E-state index >= 15 is 0 Å². The molecule has 25 heavy (non-hydrogen) atoms. The Balaban J connectivity index is 1.77. The normalized spacial score (nSPS) is 14.6. The van der Waals surface area contributed by atoms with Gasteiger partial charge in [-0.3, -0.25) is 9.59 Å². The van der Waals surface area contributed by atoms with E-state index in [0.717, 1.165) is 18.4 Å². The fourth-order valence-corrected chi connectivity index (χ4v) is 2.66. The summed E-state index contributed by atoms with van der Waals surface area (Å²) in [4.78, 5) is 25.1. The Kier molecular flexibility index (Phi) is 5.12. The van der Waals surface area contributed by atoms with E-state index in [1.807, 2.05) is 30.3 Å². The van der Waals surface area contributed by atoms with E-state index in [0.29, 0.717) is 12.0 Å². The number of nitrogens with one attached hydrogen (secondary N) is 2. The molecule has 0 aliphatic heterocycles. The zero-order chi connectivity index (χ0) is 17.8. The highest BCUT2D eigenvalue weighted by Crippen LogP contribution is 2.19. The SMILES string of the molecule is Cc1ccc(F)cc1C(=O)NC(Cc1ccccc1)C(=O)NC1CC1. The molecule has 2 aromatic rings. The van der Waals surface area contributed by atoms with Gasteiger partial charge in [-0.2, -0.15) is 0 Å². The van der Waals surface area contributed by atoms with Crippen molar-refractivity contribution in [3.63, 3.8) is 0 Å². The van der Waals surface area contributed by atoms with Gasteiger partial charge in [0.05, 0.1) is 0 Å². The van der Waals surface area contributed by atoms with E-state index in [4.69, 9.17) is 0 Å². The number of amides is 2. The van der Waals surface area contributed by atoms with Gasteiger partial charge < -0.3 is 10.6 Å². The summed E-state index contributed by atoms with van der Waals surface area (Å²) in [5.74, 6) is -1.12. The lowest BCUT2D eigenvalue weighted by molar-refractivity contribution is -0.123. The van der Waals surface area contributed by atoms with Crippen LogP contribution in [0.15, 0.2) is 48.5 Å². The van der Waals surface area contributed by atoms with Gasteiger partial charge in [-0.05, 0) is 43.0 Å². The summed E-state index contributed by atoms with van der Waals surface area (Å²) in [6.45, 7) is 1.74. The van der Waals surface area contributed by atoms with Crippen LogP contribution in [0.25, 0.3) is 0 Å². The summed E-state index contributed by atoms with van der Waals surface area (Å²) >= 11 is 0. The van der Waals surface area contributed by atoms with Crippen LogP contribution in [0, 0.1) is 12.7 Å². The van der Waals surface area contributed by atoms with E-state index in [-0.39, 0.29) is 17.5 Å². The van der Waals surface area contributed by atoms with E-state index in [1.165, 1.54) is 12.1 Å². The van der Waals surface area contributed by atoms with E-state index < -0.39 is 17.8 Å². The highest BCUT2D eigenvalue weighted by Gasteiger charge is 2.29. The summed E-state index contributed by atoms with van der Waals surface area (Å²) in [7, 11) is 0. The molecule has 0 saturated heterocycles. The first-order valence-corrected chi connectivity index (χ1v) is 8.44. The Bertz CT molecular complexity index is 773. The molecule has 3 rings (SSSR count). The number of benzene rings is 2. The molecule has 1 fully saturated rings. The number of carbonyl (C=O) groups is 2. The zero-order valence-electron chi connectivity index (χ0n) is 14.1. The lowest BCUT2D eigenvalue weighted by Crippen LogP contribution is -2.48. The molecule has 4 nitrogen and oxygen atoms in total. The molecule has 5 heteroatoms. The first kappa shape index (κ1) is 17.1. The Morgan fingerprint density at radius 3 is 2.56 bits per heavy atom. The van der Waals surface area contributed by atoms with Crippen molar-refractivity contribution in [3.8, 4) is 0 Å². The second kappa shape index (κ2) is 7.47. The lowest BCUT2D eigenvalue weighted by atomic mass is 10.0. The number of carbonyl (C=O) groups excluding carboxylic acids is 2. The summed E-state index contributed by atoms with van der Waals surface area (Å²) in [5, 5.41) is 5.69. The van der Waals surface area contributed by atoms with Crippen LogP contribution in [-0.2, 0) is 11.2 Å². The molecular weight excluding hydrogens is 319 g/mol. The third-order valence-electron chi connectivity index (χ3n) is 4.27. The molecule has 2 amide bonds. The van der Waals surface area contributed by atoms with Gasteiger partial charge in [0.2, 0.25) is 5.91 Å². The molecule has 130 valence electrons. The molecular formula is C20H21FN2O2. The third-order valence-corrected chi connectivity index (χ3v) is 4.27. The number of rotatable bonds is 6. The van der Waals surface area contributed by atoms with E-state index in [9.17, 15) is 14.0 Å². The molecule has 2 aromatic carbocycles. The molecule has 0 spiro atoms. The molecule has 0 aromatic heterocycles. The smallest absolute Gasteiger partial charge is 0.252 e. The lowest BCUT2D eigenvalue weighted by Gasteiger charge is -2.19. The van der Waals surface area contributed by atoms with Crippen LogP contribution in [0.4, 0.5) is 4.39 Å². The highest BCUT2D eigenvalue weighted by atomic mass is 19.1. The molecule has 2 N–H and O–H groups in total. The van der Waals surface area contributed by atoms with Crippen LogP contribution >= 0.6 is 0 Å². The van der Waals surface area contributed by atoms with Gasteiger partial charge in [-0.25, -0.2) is 4.39 Å². The molecule has 1 aliphatic rings. The summed E-state index contributed by atoms with van der Waals surface area (Å²) in [5.41, 5.74) is 1.87. The minimum atomic E-state index is -0.696. The van der Waals surface area contributed by atoms with E-state index in [1.54, 1.807) is 13.0 Å². The molecule has 0 heterocycles. The van der Waals surface area contributed by atoms with Gasteiger partial charge in [0.15, 0.2) is 0 Å². The molecule has 1 atom stereocenters. The van der Waals surface area contributed by atoms with Gasteiger partial charge in [-0.1, -0.05) is 36.4 Å². The second-order valence-corrected chi connectivity index (χ2v) is 6.46. The second-order valence-electron chi connectivity index (χ2n) is 6.46. The monoisotopic (exact) mass is 340 g/mol. The average molecular weight is 340 g/mol. The van der Waals surface area contributed by atoms with Gasteiger partial charge >= 0.3 is 0 Å². The summed E-state index contributed by atoms with van der Waals surface area (Å²) in [6.07, 6.45) is 2.33. The number of halogens is 1. The van der Waals surface area contributed by atoms with Crippen LogP contribution in [-0.4, -0.2) is 23.9 Å². The van der Waals surface area contributed by atoms with Gasteiger partial charge in [0, 0.05) is 18.0 Å². The molecule has 1 aliphatic carbocycles. The van der Waals surface area contributed by atoms with Crippen molar-refractivity contribution in [2.75, 3.05) is 0 Å². The fraction of sp³-hybridized carbons (Fsp3) is 0.300. The van der Waals surface area contributed by atoms with Gasteiger partial charge in [0.1, 0.15) is 11.9 Å². The Morgan fingerprint density at radius 1 is 1.16 bits per heavy atom. The minimum Gasteiger partial charge on any atom is -0.352 e. The third kappa shape index (κ3) is 4.66. The summed E-state index contributed by atoms with van der Waals surface area (Å²) in [6, 6.07) is 13.1. The average Bonchev–Trinajstić information content (AvgIpc) is 3.41. The van der Waals surface area contributed by atoms with Crippen molar-refractivity contribution in [1.82, 2.24) is 10.6 Å². The first-order valence-electron chi connectivity index (χ1n) is 8.44. The van der Waals surface area contributed by atoms with Crippen molar-refractivity contribution < 1.29 is 14.0 Å². The fourth-order valence-electron chi connectivity index (χ4n) is 2.66. The Hall–Kier alpha value is -2.69. The Morgan fingerprint density at radius 2 is 1.88 bits per heavy atom. The predicted octanol–water partition coefficient (Wildman–Crippen LogP) is 2.75. The van der Waals surface area contributed by atoms with Crippen molar-refractivity contribution in [1.29, 1.82) is 0 Å². The van der Waals surface area contributed by atoms with E-state index in [2.05, 4.69) is 10.6 Å². The quantitative estimate of drug-likeness (QED) is 0.849. The highest BCUT2D eigenvalue weighted by molar-refractivity contribution is 5.98. The standard InChI is InChI=1S/C20H21FN2O2/c1-13-7-8-15(21)12-17(13)19(24)23-18(20(25)22-16-9-10-16)11-14-5-3-2-4-6-14/h2-8,12,16,18H,9-11H2,1H3,(H,22,25)(H,23,24). The van der Waals surface area contributed by atoms with Crippen LogP contribution in [0.5, 0.6) is 0 Å². The maximum Gasteiger partial charge on any atom is 0.252 e. The number of hydrogen-bond acceptors (Lipinski definition) is 2. The minimum absolute atomic E-state index is 0.200. The largest absolute Gasteiger partial charge is 0.352 e. The molecule has 0 bridgehead atoms. The Labute approximate surface area is 146 Å². The van der Waals surface area contributed by atoms with Gasteiger partial charge in [-0.15, -0.1) is 0 Å². The zero-order valence-corrected chi connectivity index (χ0v) is 14.1. The van der Waals surface area contributed by atoms with Crippen LogP contribution in [0.3, 0.4) is 0 Å². The first-order chi connectivity index (χ1) is 12.0. The molecule has 1 saturated carbocycles. The topological polar surface area (TPSA) is 58.2 Å². The summed E-state index contributed by atoms with van der Waals surface area (Å²) < 4.78 is 13.5. The van der Waals surface area contributed by atoms with Crippen molar-refractivity contribution >= 4 is 11.8 Å². The predicted molar refractivity (Wildman–Crippen MR) is 93.7 cm³/mol. The number of hydrogen-bond donors (Lipinski definition) is 2. The van der Waals surface area contributed by atoms with Crippen molar-refractivity contribution in [2.45, 2.75) is 38.3 Å². The number of aryl methyl sites for hydroxylation is 1. The van der Waals surface area contributed by atoms with Gasteiger partial charge in [0.25, 0.3) is 5.91 Å². The van der Waals surface area contributed by atoms with Crippen LogP contribution < -0.4 is 10.6 Å². The van der Waals surface area contributed by atoms with Crippen LogP contribution in [0.2, 0.25) is 0 Å². The molecule has 1 unspecified atom stereocenters. The van der Waals surface area contributed by atoms with Crippen molar-refractivity contribution in [2.24, 2.45) is 0 Å². The molecule has 0 radical (unpaired) electrons. The maximum atomic E-state index is 13.5. The van der Waals surface area contributed by atoms with Crippen molar-refractivity contribution in [3.05, 3.63) is 71.0 Å².